The molecule has 0 aromatic carbocycles. The molecule has 1 heterocycles. The van der Waals surface area contributed by atoms with Crippen molar-refractivity contribution in [2.75, 3.05) is 32.7 Å². The molecule has 1 aliphatic rings. The van der Waals surface area contributed by atoms with Crippen molar-refractivity contribution in [3.8, 4) is 0 Å². The molecule has 0 bridgehead atoms. The van der Waals surface area contributed by atoms with Gasteiger partial charge in [0.2, 0.25) is 0 Å². The summed E-state index contributed by atoms with van der Waals surface area (Å²) in [6.45, 7) is 14.3. The van der Waals surface area contributed by atoms with E-state index in [0.29, 0.717) is 0 Å². The zero-order chi connectivity index (χ0) is 21.4. The minimum Gasteiger partial charge on any atom is -0.359 e. The Morgan fingerprint density at radius 1 is 0.655 bits per heavy atom. The lowest BCUT2D eigenvalue weighted by molar-refractivity contribution is 0.469. The molecule has 0 aliphatic carbocycles. The van der Waals surface area contributed by atoms with Crippen molar-refractivity contribution in [1.82, 2.24) is 10.2 Å². The van der Waals surface area contributed by atoms with E-state index in [0.717, 1.165) is 32.7 Å². The topological polar surface area (TPSA) is 27.6 Å². The third kappa shape index (κ3) is 19.2. The molecule has 1 aliphatic heterocycles. The van der Waals surface area contributed by atoms with E-state index in [1.807, 2.05) is 0 Å². The fourth-order valence-electron chi connectivity index (χ4n) is 4.01. The highest BCUT2D eigenvalue weighted by molar-refractivity contribution is 5.83. The molecule has 0 amide bonds. The normalized spacial score (nSPS) is 13.4. The highest BCUT2D eigenvalue weighted by Gasteiger charge is 2.13. The Morgan fingerprint density at radius 2 is 1.10 bits per heavy atom. The van der Waals surface area contributed by atoms with Crippen LogP contribution in [0.3, 0.4) is 0 Å². The van der Waals surface area contributed by atoms with Gasteiger partial charge in [0.1, 0.15) is 0 Å². The number of nitrogens with one attached hydrogen (secondary N) is 1. The third-order valence-electron chi connectivity index (χ3n) is 5.91. The molecular weight excluding hydrogens is 354 g/mol. The second-order valence-electron chi connectivity index (χ2n) is 8.53. The zero-order valence-electron chi connectivity index (χ0n) is 20.7. The van der Waals surface area contributed by atoms with E-state index >= 15 is 0 Å². The van der Waals surface area contributed by atoms with E-state index in [1.165, 1.54) is 109 Å². The van der Waals surface area contributed by atoms with Gasteiger partial charge < -0.3 is 10.2 Å². The van der Waals surface area contributed by atoms with Crippen molar-refractivity contribution in [3.05, 3.63) is 0 Å². The number of aliphatic imine (C=N–C) groups is 1. The van der Waals surface area contributed by atoms with E-state index in [1.54, 1.807) is 0 Å². The lowest BCUT2D eigenvalue weighted by atomic mass is 10.0. The number of amidine groups is 1. The second kappa shape index (κ2) is 23.7. The molecule has 3 nitrogen and oxygen atoms in total. The monoisotopic (exact) mass is 409 g/mol. The molecule has 1 N–H and O–H groups in total. The van der Waals surface area contributed by atoms with Crippen molar-refractivity contribution in [1.29, 1.82) is 0 Å². The first-order chi connectivity index (χ1) is 14.3. The lowest BCUT2D eigenvalue weighted by Gasteiger charge is -2.17. The smallest absolute Gasteiger partial charge is 0.0990 e. The summed E-state index contributed by atoms with van der Waals surface area (Å²) in [4.78, 5) is 7.08. The van der Waals surface area contributed by atoms with Crippen LogP contribution in [0.5, 0.6) is 0 Å². The van der Waals surface area contributed by atoms with Crippen LogP contribution in [0.25, 0.3) is 0 Å². The molecule has 0 spiro atoms. The molecule has 174 valence electrons. The van der Waals surface area contributed by atoms with Crippen LogP contribution in [0.15, 0.2) is 4.99 Å². The van der Waals surface area contributed by atoms with Gasteiger partial charge in [-0.1, -0.05) is 111 Å². The highest BCUT2D eigenvalue weighted by Crippen LogP contribution is 2.14. The molecule has 0 unspecified atom stereocenters. The molecule has 0 saturated carbocycles. The number of unbranched alkanes of at least 4 members (excludes halogenated alkanes) is 14. The number of likely N-dealkylation sites (N-methyl/N-ethyl adjacent to an activating group) is 1. The van der Waals surface area contributed by atoms with E-state index in [2.05, 4.69) is 42.9 Å². The Kier molecular flexibility index (Phi) is 23.2. The Labute approximate surface area is 184 Å². The maximum atomic E-state index is 4.63. The van der Waals surface area contributed by atoms with E-state index < -0.39 is 0 Å². The highest BCUT2D eigenvalue weighted by atomic mass is 15.2. The summed E-state index contributed by atoms with van der Waals surface area (Å²) in [7, 11) is 0. The van der Waals surface area contributed by atoms with Crippen molar-refractivity contribution in [2.45, 2.75) is 130 Å². The van der Waals surface area contributed by atoms with Gasteiger partial charge in [0.25, 0.3) is 0 Å². The Hall–Kier alpha value is -0.570. The average molecular weight is 410 g/mol. The van der Waals surface area contributed by atoms with Gasteiger partial charge in [-0.3, -0.25) is 4.99 Å². The van der Waals surface area contributed by atoms with Crippen LogP contribution in [0.2, 0.25) is 0 Å². The van der Waals surface area contributed by atoms with Gasteiger partial charge in [-0.05, 0) is 26.4 Å². The van der Waals surface area contributed by atoms with Crippen molar-refractivity contribution in [3.63, 3.8) is 0 Å². The molecule has 29 heavy (non-hydrogen) atoms. The molecule has 1 rings (SSSR count). The van der Waals surface area contributed by atoms with Gasteiger partial charge in [0.15, 0.2) is 0 Å². The van der Waals surface area contributed by atoms with Gasteiger partial charge in [0.05, 0.1) is 12.4 Å². The minimum atomic E-state index is 1.03. The first-order valence-electron chi connectivity index (χ1n) is 13.3. The fraction of sp³-hybridized carbons (Fsp3) is 0.962. The molecule has 3 heteroatoms. The summed E-state index contributed by atoms with van der Waals surface area (Å²) >= 11 is 0. The van der Waals surface area contributed by atoms with Crippen LogP contribution in [0.4, 0.5) is 0 Å². The third-order valence-corrected chi connectivity index (χ3v) is 5.91. The van der Waals surface area contributed by atoms with Crippen molar-refractivity contribution < 1.29 is 0 Å². The van der Waals surface area contributed by atoms with Crippen molar-refractivity contribution >= 4 is 5.84 Å². The predicted octanol–water partition coefficient (Wildman–Crippen LogP) is 7.60. The number of rotatable bonds is 19. The Morgan fingerprint density at radius 3 is 1.48 bits per heavy atom. The largest absolute Gasteiger partial charge is 0.359 e. The van der Waals surface area contributed by atoms with Crippen LogP contribution in [0.1, 0.15) is 130 Å². The predicted molar refractivity (Wildman–Crippen MR) is 133 cm³/mol. The summed E-state index contributed by atoms with van der Waals surface area (Å²) in [6, 6.07) is 0. The molecule has 0 atom stereocenters. The first kappa shape index (κ1) is 28.4. The van der Waals surface area contributed by atoms with Crippen LogP contribution < -0.4 is 5.32 Å². The standard InChI is InChI=1S/C22H44N2.C4H11N/c1-3-5-6-7-8-9-10-11-12-13-14-15-16-17-18-19-22-23-20-21-24(22)4-2;1-3-5-4-2/h3-21H2,1-2H3;5H,3-4H2,1-2H3. The van der Waals surface area contributed by atoms with Crippen LogP contribution >= 0.6 is 0 Å². The summed E-state index contributed by atoms with van der Waals surface area (Å²) in [5.74, 6) is 1.38. The fourth-order valence-corrected chi connectivity index (χ4v) is 4.01. The van der Waals surface area contributed by atoms with Gasteiger partial charge in [-0.25, -0.2) is 0 Å². The molecule has 0 radical (unpaired) electrons. The number of hydrogen-bond acceptors (Lipinski definition) is 3. The number of nitrogens with zero attached hydrogens (tertiary/aromatic N) is 2. The Bertz CT molecular complexity index is 339. The van der Waals surface area contributed by atoms with Crippen LogP contribution in [-0.2, 0) is 0 Å². The number of hydrogen-bond donors (Lipinski definition) is 1. The molecule has 0 aromatic heterocycles. The first-order valence-corrected chi connectivity index (χ1v) is 13.3. The second-order valence-corrected chi connectivity index (χ2v) is 8.53. The van der Waals surface area contributed by atoms with Crippen LogP contribution in [-0.4, -0.2) is 43.5 Å². The van der Waals surface area contributed by atoms with E-state index in [4.69, 9.17) is 0 Å². The van der Waals surface area contributed by atoms with Gasteiger partial charge in [-0.2, -0.15) is 0 Å². The quantitative estimate of drug-likeness (QED) is 0.222. The maximum Gasteiger partial charge on any atom is 0.0990 e. The molecule has 0 saturated heterocycles. The summed E-state index contributed by atoms with van der Waals surface area (Å²) in [5.41, 5.74) is 0. The average Bonchev–Trinajstić information content (AvgIpc) is 3.19. The zero-order valence-corrected chi connectivity index (χ0v) is 20.7. The molecule has 0 aromatic rings. The summed E-state index contributed by atoms with van der Waals surface area (Å²) in [6.07, 6.45) is 22.8. The Balaban J connectivity index is 0.00000139. The summed E-state index contributed by atoms with van der Waals surface area (Å²) in [5, 5.41) is 3.11. The SMILES string of the molecule is CCCCCCCCCCCCCCCCCC1=NCCN1CC.CCNCC. The maximum absolute atomic E-state index is 4.63. The van der Waals surface area contributed by atoms with E-state index in [-0.39, 0.29) is 0 Å². The van der Waals surface area contributed by atoms with Gasteiger partial charge >= 0.3 is 0 Å². The minimum absolute atomic E-state index is 1.03. The summed E-state index contributed by atoms with van der Waals surface area (Å²) < 4.78 is 0. The molecule has 0 fully saturated rings. The van der Waals surface area contributed by atoms with Gasteiger partial charge in [-0.15, -0.1) is 0 Å². The molecular formula is C26H55N3. The van der Waals surface area contributed by atoms with Gasteiger partial charge in [0, 0.05) is 19.5 Å². The van der Waals surface area contributed by atoms with Crippen LogP contribution in [0, 0.1) is 0 Å². The lowest BCUT2D eigenvalue weighted by Crippen LogP contribution is -2.27. The van der Waals surface area contributed by atoms with Crippen molar-refractivity contribution in [2.24, 2.45) is 4.99 Å². The van der Waals surface area contributed by atoms with E-state index in [9.17, 15) is 0 Å².